The zero-order valence-corrected chi connectivity index (χ0v) is 9.20. The quantitative estimate of drug-likeness (QED) is 0.831. The van der Waals surface area contributed by atoms with Gasteiger partial charge in [-0.1, -0.05) is 6.07 Å². The van der Waals surface area contributed by atoms with E-state index in [1.54, 1.807) is 12.3 Å². The summed E-state index contributed by atoms with van der Waals surface area (Å²) in [6, 6.07) is 8.45. The first-order valence-electron chi connectivity index (χ1n) is 5.57. The zero-order chi connectivity index (χ0) is 11.7. The van der Waals surface area contributed by atoms with Gasteiger partial charge >= 0.3 is 0 Å². The molecule has 3 nitrogen and oxygen atoms in total. The van der Waals surface area contributed by atoms with E-state index in [9.17, 15) is 4.39 Å². The third-order valence-electron chi connectivity index (χ3n) is 2.77. The largest absolute Gasteiger partial charge is 0.370 e. The predicted molar refractivity (Wildman–Crippen MR) is 66.1 cm³/mol. The van der Waals surface area contributed by atoms with Gasteiger partial charge in [-0.15, -0.1) is 0 Å². The Hall–Kier alpha value is -2.10. The van der Waals surface area contributed by atoms with Crippen LogP contribution in [0.5, 0.6) is 0 Å². The normalized spacial score (nSPS) is 13.0. The van der Waals surface area contributed by atoms with Crippen molar-refractivity contribution in [3.63, 3.8) is 0 Å². The molecule has 2 aromatic rings. The van der Waals surface area contributed by atoms with Crippen LogP contribution in [-0.4, -0.2) is 11.5 Å². The molecule has 17 heavy (non-hydrogen) atoms. The third kappa shape index (κ3) is 2.06. The molecular weight excluding hydrogens is 217 g/mol. The first kappa shape index (κ1) is 10.1. The molecule has 2 N–H and O–H groups in total. The lowest BCUT2D eigenvalue weighted by Gasteiger charge is -2.07. The number of nitrogens with zero attached hydrogens (tertiary/aromatic N) is 1. The van der Waals surface area contributed by atoms with Crippen molar-refractivity contribution < 1.29 is 4.39 Å². The molecule has 3 rings (SSSR count). The van der Waals surface area contributed by atoms with Crippen LogP contribution in [-0.2, 0) is 6.42 Å². The first-order chi connectivity index (χ1) is 8.31. The van der Waals surface area contributed by atoms with Gasteiger partial charge in [-0.3, -0.25) is 0 Å². The average molecular weight is 229 g/mol. The summed E-state index contributed by atoms with van der Waals surface area (Å²) in [5.41, 5.74) is 2.82. The monoisotopic (exact) mass is 229 g/mol. The number of benzene rings is 1. The van der Waals surface area contributed by atoms with Gasteiger partial charge in [-0.25, -0.2) is 9.37 Å². The maximum absolute atomic E-state index is 13.0. The lowest BCUT2D eigenvalue weighted by atomic mass is 10.2. The summed E-state index contributed by atoms with van der Waals surface area (Å²) in [7, 11) is 0. The van der Waals surface area contributed by atoms with Crippen LogP contribution in [0.25, 0.3) is 0 Å². The minimum absolute atomic E-state index is 0.245. The van der Waals surface area contributed by atoms with Gasteiger partial charge in [0.2, 0.25) is 0 Å². The number of hydrogen-bond acceptors (Lipinski definition) is 3. The van der Waals surface area contributed by atoms with E-state index in [4.69, 9.17) is 0 Å². The summed E-state index contributed by atoms with van der Waals surface area (Å²) in [5.74, 6) is 0.709. The fraction of sp³-hybridized carbons (Fsp3) is 0.154. The number of hydrogen-bond donors (Lipinski definition) is 2. The molecule has 0 radical (unpaired) electrons. The molecule has 0 saturated carbocycles. The second-order valence-corrected chi connectivity index (χ2v) is 4.04. The Bertz CT molecular complexity index is 554. The number of rotatable bonds is 2. The smallest absolute Gasteiger partial charge is 0.129 e. The fourth-order valence-corrected chi connectivity index (χ4v) is 1.98. The highest BCUT2D eigenvalue weighted by molar-refractivity contribution is 5.63. The van der Waals surface area contributed by atoms with Crippen molar-refractivity contribution in [3.05, 3.63) is 47.9 Å². The molecule has 0 amide bonds. The number of aromatic nitrogens is 1. The number of anilines is 3. The van der Waals surface area contributed by atoms with E-state index in [2.05, 4.69) is 15.6 Å². The van der Waals surface area contributed by atoms with Gasteiger partial charge in [-0.2, -0.15) is 0 Å². The van der Waals surface area contributed by atoms with Crippen molar-refractivity contribution >= 4 is 17.2 Å². The highest BCUT2D eigenvalue weighted by atomic mass is 19.1. The van der Waals surface area contributed by atoms with Gasteiger partial charge in [0.1, 0.15) is 11.6 Å². The lowest BCUT2D eigenvalue weighted by Crippen LogP contribution is -1.94. The molecule has 1 aromatic carbocycles. The van der Waals surface area contributed by atoms with Crippen LogP contribution in [0.1, 0.15) is 5.56 Å². The summed E-state index contributed by atoms with van der Waals surface area (Å²) in [4.78, 5) is 4.31. The minimum Gasteiger partial charge on any atom is -0.370 e. The predicted octanol–water partition coefficient (Wildman–Crippen LogP) is 2.93. The Kier molecular flexibility index (Phi) is 2.40. The third-order valence-corrected chi connectivity index (χ3v) is 2.77. The van der Waals surface area contributed by atoms with Crippen molar-refractivity contribution in [2.75, 3.05) is 17.2 Å². The van der Waals surface area contributed by atoms with E-state index in [0.29, 0.717) is 0 Å². The van der Waals surface area contributed by atoms with Gasteiger partial charge in [-0.05, 0) is 36.2 Å². The van der Waals surface area contributed by atoms with Gasteiger partial charge in [0, 0.05) is 12.2 Å². The van der Waals surface area contributed by atoms with Gasteiger partial charge in [0.25, 0.3) is 0 Å². The van der Waals surface area contributed by atoms with Crippen LogP contribution in [0.3, 0.4) is 0 Å². The molecule has 0 bridgehead atoms. The van der Waals surface area contributed by atoms with E-state index < -0.39 is 0 Å². The van der Waals surface area contributed by atoms with Gasteiger partial charge in [0.05, 0.1) is 11.9 Å². The van der Waals surface area contributed by atoms with Crippen LogP contribution < -0.4 is 10.6 Å². The number of halogens is 1. The topological polar surface area (TPSA) is 37.0 Å². The van der Waals surface area contributed by atoms with Crippen LogP contribution in [0.2, 0.25) is 0 Å². The fourth-order valence-electron chi connectivity index (χ4n) is 1.98. The first-order valence-corrected chi connectivity index (χ1v) is 5.57. The SMILES string of the molecule is Fc1cccc(Nc2cnc3c(c2)CCN3)c1. The van der Waals surface area contributed by atoms with Gasteiger partial charge < -0.3 is 10.6 Å². The molecule has 86 valence electrons. The molecule has 0 saturated heterocycles. The second kappa shape index (κ2) is 4.05. The molecule has 1 aromatic heterocycles. The second-order valence-electron chi connectivity index (χ2n) is 4.04. The molecule has 0 fully saturated rings. The number of nitrogens with one attached hydrogen (secondary N) is 2. The Morgan fingerprint density at radius 3 is 3.06 bits per heavy atom. The Morgan fingerprint density at radius 2 is 2.18 bits per heavy atom. The summed E-state index contributed by atoms with van der Waals surface area (Å²) in [6.45, 7) is 0.936. The van der Waals surface area contributed by atoms with Crippen molar-refractivity contribution in [2.45, 2.75) is 6.42 Å². The molecular formula is C13H12FN3. The van der Waals surface area contributed by atoms with E-state index >= 15 is 0 Å². The molecule has 0 spiro atoms. The zero-order valence-electron chi connectivity index (χ0n) is 9.20. The minimum atomic E-state index is -0.245. The lowest BCUT2D eigenvalue weighted by molar-refractivity contribution is 0.628. The molecule has 2 heterocycles. The standard InChI is InChI=1S/C13H12FN3/c14-10-2-1-3-11(7-10)17-12-6-9-4-5-15-13(9)16-8-12/h1-3,6-8,17H,4-5H2,(H,15,16). The van der Waals surface area contributed by atoms with Crippen molar-refractivity contribution in [1.82, 2.24) is 4.98 Å². The van der Waals surface area contributed by atoms with Crippen molar-refractivity contribution in [1.29, 1.82) is 0 Å². The molecule has 0 unspecified atom stereocenters. The maximum Gasteiger partial charge on any atom is 0.129 e. The number of pyridine rings is 1. The average Bonchev–Trinajstić information content (AvgIpc) is 2.76. The molecule has 4 heteroatoms. The van der Waals surface area contributed by atoms with Gasteiger partial charge in [0.15, 0.2) is 0 Å². The van der Waals surface area contributed by atoms with Crippen molar-refractivity contribution in [3.8, 4) is 0 Å². The van der Waals surface area contributed by atoms with Crippen LogP contribution in [0.15, 0.2) is 36.5 Å². The van der Waals surface area contributed by atoms with Crippen LogP contribution >= 0.6 is 0 Å². The van der Waals surface area contributed by atoms with Crippen molar-refractivity contribution in [2.24, 2.45) is 0 Å². The highest BCUT2D eigenvalue weighted by Gasteiger charge is 2.11. The molecule has 0 atom stereocenters. The maximum atomic E-state index is 13.0. The Balaban J connectivity index is 1.86. The molecule has 1 aliphatic heterocycles. The summed E-state index contributed by atoms with van der Waals surface area (Å²) < 4.78 is 13.0. The van der Waals surface area contributed by atoms with E-state index in [1.165, 1.54) is 17.7 Å². The Morgan fingerprint density at radius 1 is 1.24 bits per heavy atom. The highest BCUT2D eigenvalue weighted by Crippen LogP contribution is 2.24. The van der Waals surface area contributed by atoms with E-state index in [1.807, 2.05) is 12.1 Å². The summed E-state index contributed by atoms with van der Waals surface area (Å²) in [6.07, 6.45) is 2.74. The summed E-state index contributed by atoms with van der Waals surface area (Å²) in [5, 5.41) is 6.35. The van der Waals surface area contributed by atoms with Crippen LogP contribution in [0.4, 0.5) is 21.6 Å². The van der Waals surface area contributed by atoms with Crippen LogP contribution in [0, 0.1) is 5.82 Å². The van der Waals surface area contributed by atoms with E-state index in [-0.39, 0.29) is 5.82 Å². The van der Waals surface area contributed by atoms with E-state index in [0.717, 1.165) is 30.2 Å². The number of fused-ring (bicyclic) bond motifs is 1. The molecule has 0 aliphatic carbocycles. The Labute approximate surface area is 98.7 Å². The molecule has 1 aliphatic rings. The summed E-state index contributed by atoms with van der Waals surface area (Å²) >= 11 is 0.